The highest BCUT2D eigenvalue weighted by molar-refractivity contribution is 6.21. The van der Waals surface area contributed by atoms with E-state index in [9.17, 15) is 13.2 Å². The molecule has 0 spiro atoms. The van der Waals surface area contributed by atoms with Crippen molar-refractivity contribution in [3.63, 3.8) is 0 Å². The van der Waals surface area contributed by atoms with Gasteiger partial charge in [0.2, 0.25) is 0 Å². The van der Waals surface area contributed by atoms with Crippen molar-refractivity contribution in [2.45, 2.75) is 24.9 Å². The van der Waals surface area contributed by atoms with Crippen molar-refractivity contribution in [2.75, 3.05) is 0 Å². The molecule has 0 aliphatic carbocycles. The third-order valence-electron chi connectivity index (χ3n) is 3.43. The van der Waals surface area contributed by atoms with E-state index >= 15 is 0 Å². The van der Waals surface area contributed by atoms with E-state index in [1.165, 1.54) is 12.1 Å². The van der Waals surface area contributed by atoms with Gasteiger partial charge in [0.1, 0.15) is 0 Å². The Morgan fingerprint density at radius 3 is 2.29 bits per heavy atom. The first-order valence-electron chi connectivity index (χ1n) is 6.73. The summed E-state index contributed by atoms with van der Waals surface area (Å²) < 4.78 is 38.1. The largest absolute Gasteiger partial charge is 0.416 e. The lowest BCUT2D eigenvalue weighted by atomic mass is 9.93. The third-order valence-corrected chi connectivity index (χ3v) is 4.11. The van der Waals surface area contributed by atoms with Crippen LogP contribution in [-0.2, 0) is 12.6 Å². The summed E-state index contributed by atoms with van der Waals surface area (Å²) in [4.78, 5) is 0. The van der Waals surface area contributed by atoms with Crippen LogP contribution >= 0.6 is 11.6 Å². The van der Waals surface area contributed by atoms with Gasteiger partial charge >= 0.3 is 6.18 Å². The van der Waals surface area contributed by atoms with Gasteiger partial charge in [0.25, 0.3) is 0 Å². The molecule has 0 fully saturated rings. The van der Waals surface area contributed by atoms with E-state index in [-0.39, 0.29) is 11.3 Å². The first-order valence-corrected chi connectivity index (χ1v) is 7.16. The molecular weight excluding hydrogens is 297 g/mol. The predicted molar refractivity (Wildman–Crippen MR) is 79.3 cm³/mol. The predicted octanol–water partition coefficient (Wildman–Crippen LogP) is 5.86. The van der Waals surface area contributed by atoms with Gasteiger partial charge in [-0.1, -0.05) is 55.5 Å². The lowest BCUT2D eigenvalue weighted by Gasteiger charge is -2.19. The topological polar surface area (TPSA) is 0 Å². The van der Waals surface area contributed by atoms with Crippen LogP contribution in [0, 0.1) is 5.92 Å². The van der Waals surface area contributed by atoms with Crippen molar-refractivity contribution in [3.05, 3.63) is 71.3 Å². The van der Waals surface area contributed by atoms with Gasteiger partial charge in [-0.3, -0.25) is 0 Å². The second kappa shape index (κ2) is 6.52. The van der Waals surface area contributed by atoms with Gasteiger partial charge in [-0.2, -0.15) is 13.2 Å². The molecule has 112 valence electrons. The molecule has 0 N–H and O–H groups in total. The van der Waals surface area contributed by atoms with Gasteiger partial charge in [0.05, 0.1) is 10.9 Å². The number of benzene rings is 2. The van der Waals surface area contributed by atoms with Crippen molar-refractivity contribution < 1.29 is 13.2 Å². The lowest BCUT2D eigenvalue weighted by molar-refractivity contribution is -0.137. The molecule has 21 heavy (non-hydrogen) atoms. The molecule has 0 aromatic heterocycles. The standard InChI is InChI=1S/C17H16ClF3/c1-12(16(18)14-7-3-2-4-8-14)10-13-6-5-9-15(11-13)17(19,20)21/h2-9,11-12,16H,10H2,1H3. The molecule has 4 heteroatoms. The fraction of sp³-hybridized carbons (Fsp3) is 0.294. The highest BCUT2D eigenvalue weighted by Crippen LogP contribution is 2.33. The molecule has 0 bridgehead atoms. The van der Waals surface area contributed by atoms with Crippen molar-refractivity contribution in [1.82, 2.24) is 0 Å². The molecule has 0 amide bonds. The number of hydrogen-bond acceptors (Lipinski definition) is 0. The maximum Gasteiger partial charge on any atom is 0.416 e. The Labute approximate surface area is 127 Å². The van der Waals surface area contributed by atoms with Crippen molar-refractivity contribution in [1.29, 1.82) is 0 Å². The molecule has 0 saturated carbocycles. The number of halogens is 4. The van der Waals surface area contributed by atoms with Gasteiger partial charge in [-0.05, 0) is 29.5 Å². The fourth-order valence-electron chi connectivity index (χ4n) is 2.32. The quantitative estimate of drug-likeness (QED) is 0.620. The molecule has 2 unspecified atom stereocenters. The summed E-state index contributed by atoms with van der Waals surface area (Å²) in [6.07, 6.45) is -3.80. The van der Waals surface area contributed by atoms with E-state index in [2.05, 4.69) is 0 Å². The van der Waals surface area contributed by atoms with Gasteiger partial charge in [0.15, 0.2) is 0 Å². The van der Waals surface area contributed by atoms with Crippen LogP contribution in [0.25, 0.3) is 0 Å². The Morgan fingerprint density at radius 1 is 1.00 bits per heavy atom. The van der Waals surface area contributed by atoms with Crippen LogP contribution in [0.3, 0.4) is 0 Å². The Hall–Kier alpha value is -1.48. The van der Waals surface area contributed by atoms with Crippen LogP contribution in [0.2, 0.25) is 0 Å². The third kappa shape index (κ3) is 4.24. The van der Waals surface area contributed by atoms with E-state index < -0.39 is 11.7 Å². The minimum atomic E-state index is -4.31. The highest BCUT2D eigenvalue weighted by Gasteiger charge is 2.30. The van der Waals surface area contributed by atoms with Crippen molar-refractivity contribution >= 4 is 11.6 Å². The Kier molecular flexibility index (Phi) is 4.94. The average Bonchev–Trinajstić information content (AvgIpc) is 2.47. The molecule has 0 aliphatic rings. The zero-order valence-electron chi connectivity index (χ0n) is 11.6. The molecule has 2 aromatic carbocycles. The van der Waals surface area contributed by atoms with E-state index in [0.717, 1.165) is 11.6 Å². The first kappa shape index (κ1) is 15.9. The van der Waals surface area contributed by atoms with Gasteiger partial charge in [-0.15, -0.1) is 11.6 Å². The van der Waals surface area contributed by atoms with Crippen molar-refractivity contribution in [3.8, 4) is 0 Å². The summed E-state index contributed by atoms with van der Waals surface area (Å²) in [5.41, 5.74) is 1.02. The Morgan fingerprint density at radius 2 is 1.67 bits per heavy atom. The van der Waals surface area contributed by atoms with Crippen LogP contribution in [0.1, 0.15) is 29.0 Å². The maximum absolute atomic E-state index is 12.7. The zero-order chi connectivity index (χ0) is 15.5. The molecule has 0 radical (unpaired) electrons. The minimum absolute atomic E-state index is 0.0394. The smallest absolute Gasteiger partial charge is 0.166 e. The molecule has 2 rings (SSSR count). The Balaban J connectivity index is 2.11. The molecule has 2 aromatic rings. The molecule has 2 atom stereocenters. The first-order chi connectivity index (χ1) is 9.88. The minimum Gasteiger partial charge on any atom is -0.166 e. The highest BCUT2D eigenvalue weighted by atomic mass is 35.5. The van der Waals surface area contributed by atoms with Crippen LogP contribution < -0.4 is 0 Å². The summed E-state index contributed by atoms with van der Waals surface area (Å²) in [5.74, 6) is 0.0394. The second-order valence-corrected chi connectivity index (χ2v) is 5.66. The Bertz CT molecular complexity index is 578. The van der Waals surface area contributed by atoms with Crippen molar-refractivity contribution in [2.24, 2.45) is 5.92 Å². The average molecular weight is 313 g/mol. The lowest BCUT2D eigenvalue weighted by Crippen LogP contribution is -2.09. The van der Waals surface area contributed by atoms with Crippen LogP contribution in [0.15, 0.2) is 54.6 Å². The molecule has 0 heterocycles. The van der Waals surface area contributed by atoms with E-state index in [1.54, 1.807) is 6.07 Å². The van der Waals surface area contributed by atoms with Crippen LogP contribution in [0.5, 0.6) is 0 Å². The van der Waals surface area contributed by atoms with Gasteiger partial charge in [0, 0.05) is 0 Å². The normalized spacial score (nSPS) is 14.7. The number of alkyl halides is 4. The van der Waals surface area contributed by atoms with Gasteiger partial charge in [-0.25, -0.2) is 0 Å². The fourth-order valence-corrected chi connectivity index (χ4v) is 2.55. The molecule has 0 aliphatic heterocycles. The monoisotopic (exact) mass is 312 g/mol. The zero-order valence-corrected chi connectivity index (χ0v) is 12.3. The van der Waals surface area contributed by atoms with E-state index in [0.29, 0.717) is 12.0 Å². The molecule has 0 nitrogen and oxygen atoms in total. The summed E-state index contributed by atoms with van der Waals surface area (Å²) >= 11 is 6.41. The van der Waals surface area contributed by atoms with Crippen LogP contribution in [-0.4, -0.2) is 0 Å². The van der Waals surface area contributed by atoms with E-state index in [1.807, 2.05) is 37.3 Å². The number of rotatable bonds is 4. The second-order valence-electron chi connectivity index (χ2n) is 5.19. The van der Waals surface area contributed by atoms with Crippen LogP contribution in [0.4, 0.5) is 13.2 Å². The maximum atomic E-state index is 12.7. The summed E-state index contributed by atoms with van der Waals surface area (Å²) in [5, 5.41) is -0.222. The summed E-state index contributed by atoms with van der Waals surface area (Å²) in [6.45, 7) is 1.95. The summed E-state index contributed by atoms with van der Waals surface area (Å²) in [6, 6.07) is 15.0. The SMILES string of the molecule is CC(Cc1cccc(C(F)(F)F)c1)C(Cl)c1ccccc1. The van der Waals surface area contributed by atoms with E-state index in [4.69, 9.17) is 11.6 Å². The molecular formula is C17H16ClF3. The molecule has 0 saturated heterocycles. The van der Waals surface area contributed by atoms with Gasteiger partial charge < -0.3 is 0 Å². The number of hydrogen-bond donors (Lipinski definition) is 0. The summed E-state index contributed by atoms with van der Waals surface area (Å²) in [7, 11) is 0.